The number of hydrogen-bond acceptors (Lipinski definition) is 5. The van der Waals surface area contributed by atoms with E-state index in [0.29, 0.717) is 17.0 Å². The SMILES string of the molecule is COC(=O)C1=C(C)CS[C@@H]2[C@H](NC(=O)c3ccccc3)C(=O)N12. The van der Waals surface area contributed by atoms with E-state index < -0.39 is 12.0 Å². The summed E-state index contributed by atoms with van der Waals surface area (Å²) in [6, 6.07) is 8.10. The van der Waals surface area contributed by atoms with Crippen molar-refractivity contribution >= 4 is 29.5 Å². The lowest BCUT2D eigenvalue weighted by molar-refractivity contribution is -0.150. The van der Waals surface area contributed by atoms with Gasteiger partial charge in [-0.15, -0.1) is 11.8 Å². The summed E-state index contributed by atoms with van der Waals surface area (Å²) in [5.74, 6) is -0.480. The van der Waals surface area contributed by atoms with Crippen LogP contribution in [0.3, 0.4) is 0 Å². The van der Waals surface area contributed by atoms with Gasteiger partial charge in [-0.2, -0.15) is 0 Å². The van der Waals surface area contributed by atoms with Gasteiger partial charge in [0.2, 0.25) is 0 Å². The van der Waals surface area contributed by atoms with Gasteiger partial charge in [-0.1, -0.05) is 18.2 Å². The number of nitrogens with zero attached hydrogens (tertiary/aromatic N) is 1. The van der Waals surface area contributed by atoms with Gasteiger partial charge >= 0.3 is 5.97 Å². The molecule has 1 fully saturated rings. The fourth-order valence-electron chi connectivity index (χ4n) is 2.67. The molecule has 3 rings (SSSR count). The quantitative estimate of drug-likeness (QED) is 0.664. The van der Waals surface area contributed by atoms with Crippen molar-refractivity contribution in [3.05, 3.63) is 47.2 Å². The van der Waals surface area contributed by atoms with E-state index in [-0.39, 0.29) is 17.2 Å². The predicted octanol–water partition coefficient (Wildman–Crippen LogP) is 1.15. The van der Waals surface area contributed by atoms with Crippen LogP contribution in [0, 0.1) is 0 Å². The maximum atomic E-state index is 12.4. The molecule has 1 N–H and O–H groups in total. The smallest absolute Gasteiger partial charge is 0.354 e. The molecular weight excluding hydrogens is 316 g/mol. The second kappa shape index (κ2) is 6.08. The summed E-state index contributed by atoms with van der Waals surface area (Å²) in [7, 11) is 1.29. The summed E-state index contributed by atoms with van der Waals surface area (Å²) >= 11 is 1.53. The zero-order valence-electron chi connectivity index (χ0n) is 12.7. The van der Waals surface area contributed by atoms with Gasteiger partial charge in [0, 0.05) is 11.3 Å². The Bertz CT molecular complexity index is 701. The van der Waals surface area contributed by atoms with Gasteiger partial charge in [-0.05, 0) is 24.6 Å². The van der Waals surface area contributed by atoms with Crippen LogP contribution in [0.2, 0.25) is 0 Å². The Morgan fingerprint density at radius 1 is 1.30 bits per heavy atom. The molecule has 120 valence electrons. The number of ether oxygens (including phenoxy) is 1. The Labute approximate surface area is 137 Å². The van der Waals surface area contributed by atoms with E-state index >= 15 is 0 Å². The summed E-state index contributed by atoms with van der Waals surface area (Å²) in [6.45, 7) is 1.80. The van der Waals surface area contributed by atoms with Gasteiger partial charge in [0.15, 0.2) is 0 Å². The molecule has 2 amide bonds. The highest BCUT2D eigenvalue weighted by molar-refractivity contribution is 8.00. The van der Waals surface area contributed by atoms with Crippen LogP contribution in [0.5, 0.6) is 0 Å². The standard InChI is InChI=1S/C16H16N2O4S/c1-9-8-23-15-11(14(20)18(15)12(9)16(21)22-2)17-13(19)10-6-4-3-5-7-10/h3-7,11,15H,8H2,1-2H3,(H,17,19)/t11-,15-/m1/s1. The largest absolute Gasteiger partial charge is 0.464 e. The number of fused-ring (bicyclic) bond motifs is 1. The molecule has 23 heavy (non-hydrogen) atoms. The Morgan fingerprint density at radius 3 is 2.65 bits per heavy atom. The number of amides is 2. The number of thioether (sulfide) groups is 1. The molecule has 0 aliphatic carbocycles. The molecule has 0 bridgehead atoms. The maximum Gasteiger partial charge on any atom is 0.354 e. The Hall–Kier alpha value is -2.28. The number of rotatable bonds is 3. The molecule has 2 heterocycles. The van der Waals surface area contributed by atoms with Gasteiger partial charge in [0.05, 0.1) is 7.11 Å². The highest BCUT2D eigenvalue weighted by atomic mass is 32.2. The van der Waals surface area contributed by atoms with E-state index in [0.717, 1.165) is 5.57 Å². The molecule has 0 aromatic heterocycles. The third-order valence-corrected chi connectivity index (χ3v) is 5.28. The molecule has 0 spiro atoms. The summed E-state index contributed by atoms with van der Waals surface area (Å²) in [5.41, 5.74) is 1.60. The number of methoxy groups -OCH3 is 1. The van der Waals surface area contributed by atoms with Crippen LogP contribution in [0.1, 0.15) is 17.3 Å². The first-order chi connectivity index (χ1) is 11.0. The van der Waals surface area contributed by atoms with Crippen molar-refractivity contribution in [3.63, 3.8) is 0 Å². The summed E-state index contributed by atoms with van der Waals surface area (Å²) in [4.78, 5) is 37.9. The lowest BCUT2D eigenvalue weighted by Gasteiger charge is -2.49. The zero-order valence-corrected chi connectivity index (χ0v) is 13.6. The van der Waals surface area contributed by atoms with Crippen LogP contribution in [0.15, 0.2) is 41.6 Å². The van der Waals surface area contributed by atoms with Crippen LogP contribution in [-0.4, -0.2) is 47.0 Å². The first-order valence-electron chi connectivity index (χ1n) is 7.13. The van der Waals surface area contributed by atoms with Crippen molar-refractivity contribution in [1.82, 2.24) is 10.2 Å². The molecule has 0 radical (unpaired) electrons. The van der Waals surface area contributed by atoms with Gasteiger partial charge in [0.1, 0.15) is 17.1 Å². The minimum atomic E-state index is -0.625. The molecule has 1 saturated heterocycles. The lowest BCUT2D eigenvalue weighted by atomic mass is 10.0. The Balaban J connectivity index is 1.76. The molecular formula is C16H16N2O4S. The summed E-state index contributed by atoms with van der Waals surface area (Å²) in [5, 5.41) is 2.48. The third-order valence-electron chi connectivity index (χ3n) is 3.86. The summed E-state index contributed by atoms with van der Waals surface area (Å²) in [6.07, 6.45) is 0. The van der Waals surface area contributed by atoms with E-state index in [9.17, 15) is 14.4 Å². The molecule has 2 aliphatic heterocycles. The number of nitrogens with one attached hydrogen (secondary N) is 1. The molecule has 1 aromatic rings. The van der Waals surface area contributed by atoms with Crippen molar-refractivity contribution in [1.29, 1.82) is 0 Å². The van der Waals surface area contributed by atoms with E-state index in [1.807, 2.05) is 6.07 Å². The van der Waals surface area contributed by atoms with E-state index in [1.165, 1.54) is 23.8 Å². The molecule has 7 heteroatoms. The minimum Gasteiger partial charge on any atom is -0.464 e. The summed E-state index contributed by atoms with van der Waals surface area (Å²) < 4.78 is 4.76. The number of esters is 1. The fraction of sp³-hybridized carbons (Fsp3) is 0.312. The van der Waals surface area contributed by atoms with E-state index in [4.69, 9.17) is 4.74 Å². The second-order valence-corrected chi connectivity index (χ2v) is 6.45. The molecule has 2 atom stereocenters. The van der Waals surface area contributed by atoms with Crippen molar-refractivity contribution in [2.45, 2.75) is 18.3 Å². The lowest BCUT2D eigenvalue weighted by Crippen LogP contribution is -2.70. The average Bonchev–Trinajstić information content (AvgIpc) is 2.59. The predicted molar refractivity (Wildman–Crippen MR) is 85.5 cm³/mol. The zero-order chi connectivity index (χ0) is 16.6. The highest BCUT2D eigenvalue weighted by Gasteiger charge is 2.53. The van der Waals surface area contributed by atoms with E-state index in [1.54, 1.807) is 31.2 Å². The normalized spacial score (nSPS) is 23.0. The third kappa shape index (κ3) is 2.61. The maximum absolute atomic E-state index is 12.4. The van der Waals surface area contributed by atoms with Crippen molar-refractivity contribution in [2.75, 3.05) is 12.9 Å². The topological polar surface area (TPSA) is 75.7 Å². The van der Waals surface area contributed by atoms with Crippen LogP contribution in [0.4, 0.5) is 0 Å². The minimum absolute atomic E-state index is 0.270. The Morgan fingerprint density at radius 2 is 2.00 bits per heavy atom. The van der Waals surface area contributed by atoms with Gasteiger partial charge in [-0.3, -0.25) is 14.5 Å². The van der Waals surface area contributed by atoms with Crippen LogP contribution in [0.25, 0.3) is 0 Å². The number of carbonyl (C=O) groups excluding carboxylic acids is 3. The molecule has 1 aromatic carbocycles. The highest BCUT2D eigenvalue weighted by Crippen LogP contribution is 2.40. The number of benzene rings is 1. The van der Waals surface area contributed by atoms with Gasteiger partial charge in [0.25, 0.3) is 11.8 Å². The first kappa shape index (κ1) is 15.6. The first-order valence-corrected chi connectivity index (χ1v) is 8.18. The van der Waals surface area contributed by atoms with Crippen molar-refractivity contribution in [3.8, 4) is 0 Å². The van der Waals surface area contributed by atoms with Crippen LogP contribution in [-0.2, 0) is 14.3 Å². The fourth-order valence-corrected chi connectivity index (χ4v) is 3.97. The van der Waals surface area contributed by atoms with Crippen LogP contribution >= 0.6 is 11.8 Å². The van der Waals surface area contributed by atoms with E-state index in [2.05, 4.69) is 5.32 Å². The van der Waals surface area contributed by atoms with Crippen molar-refractivity contribution in [2.24, 2.45) is 0 Å². The molecule has 0 unspecified atom stereocenters. The molecule has 2 aliphatic rings. The average molecular weight is 332 g/mol. The molecule has 6 nitrogen and oxygen atoms in total. The second-order valence-electron chi connectivity index (χ2n) is 5.35. The van der Waals surface area contributed by atoms with Crippen molar-refractivity contribution < 1.29 is 19.1 Å². The van der Waals surface area contributed by atoms with Gasteiger partial charge in [-0.25, -0.2) is 4.79 Å². The number of carbonyl (C=O) groups is 3. The van der Waals surface area contributed by atoms with Gasteiger partial charge < -0.3 is 10.1 Å². The molecule has 0 saturated carbocycles. The Kier molecular flexibility index (Phi) is 4.12. The number of β-lactam (4-membered cyclic amide) rings is 1. The van der Waals surface area contributed by atoms with Crippen LogP contribution < -0.4 is 5.32 Å². The number of hydrogen-bond donors (Lipinski definition) is 1. The monoisotopic (exact) mass is 332 g/mol.